The Hall–Kier alpha value is -0.0800. The van der Waals surface area contributed by atoms with E-state index in [1.807, 2.05) is 0 Å². The molecule has 2 rings (SSSR count). The Bertz CT molecular complexity index is 335. The summed E-state index contributed by atoms with van der Waals surface area (Å²) < 4.78 is 0. The van der Waals surface area contributed by atoms with Crippen molar-refractivity contribution in [3.63, 3.8) is 0 Å². The zero-order chi connectivity index (χ0) is 15.8. The molecule has 21 heavy (non-hydrogen) atoms. The Morgan fingerprint density at radius 3 is 2.19 bits per heavy atom. The van der Waals surface area contributed by atoms with Crippen LogP contribution in [0.15, 0.2) is 0 Å². The Morgan fingerprint density at radius 1 is 1.10 bits per heavy atom. The lowest BCUT2D eigenvalue weighted by Crippen LogP contribution is -2.47. The predicted molar refractivity (Wildman–Crippen MR) is 92.6 cm³/mol. The lowest BCUT2D eigenvalue weighted by Gasteiger charge is -2.40. The van der Waals surface area contributed by atoms with Crippen LogP contribution in [0, 0.1) is 23.2 Å². The van der Waals surface area contributed by atoms with Crippen molar-refractivity contribution < 1.29 is 0 Å². The van der Waals surface area contributed by atoms with Gasteiger partial charge in [-0.25, -0.2) is 0 Å². The highest BCUT2D eigenvalue weighted by Crippen LogP contribution is 2.35. The summed E-state index contributed by atoms with van der Waals surface area (Å²) in [4.78, 5) is 5.49. The summed E-state index contributed by atoms with van der Waals surface area (Å²) in [6.07, 6.45) is 2.74. The third-order valence-electron chi connectivity index (χ3n) is 6.70. The van der Waals surface area contributed by atoms with E-state index in [1.54, 1.807) is 0 Å². The van der Waals surface area contributed by atoms with Gasteiger partial charge >= 0.3 is 0 Å². The Balaban J connectivity index is 1.88. The van der Waals surface area contributed by atoms with Crippen LogP contribution in [0.5, 0.6) is 0 Å². The summed E-state index contributed by atoms with van der Waals surface area (Å²) in [6, 6.07) is 0. The highest BCUT2D eigenvalue weighted by Gasteiger charge is 2.40. The van der Waals surface area contributed by atoms with Crippen molar-refractivity contribution in [1.29, 1.82) is 0 Å². The number of nitrogens with zero attached hydrogens (tertiary/aromatic N) is 2. The summed E-state index contributed by atoms with van der Waals surface area (Å²) in [5, 5.41) is 0. The van der Waals surface area contributed by atoms with E-state index in [0.29, 0.717) is 11.0 Å². The van der Waals surface area contributed by atoms with E-state index >= 15 is 0 Å². The molecular formula is C19H38N2. The van der Waals surface area contributed by atoms with Gasteiger partial charge in [-0.15, -0.1) is 0 Å². The lowest BCUT2D eigenvalue weighted by atomic mass is 9.82. The molecule has 2 nitrogen and oxygen atoms in total. The number of likely N-dealkylation sites (tertiary alicyclic amines) is 2. The average molecular weight is 295 g/mol. The molecular weight excluding hydrogens is 256 g/mol. The van der Waals surface area contributed by atoms with Gasteiger partial charge in [0.2, 0.25) is 0 Å². The van der Waals surface area contributed by atoms with Gasteiger partial charge in [-0.05, 0) is 62.9 Å². The molecule has 0 aromatic heterocycles. The highest BCUT2D eigenvalue weighted by molar-refractivity contribution is 4.94. The monoisotopic (exact) mass is 294 g/mol. The molecule has 2 heterocycles. The second kappa shape index (κ2) is 6.20. The van der Waals surface area contributed by atoms with Crippen LogP contribution in [0.25, 0.3) is 0 Å². The fourth-order valence-corrected chi connectivity index (χ4v) is 3.78. The molecule has 0 aromatic rings. The van der Waals surface area contributed by atoms with Crippen LogP contribution in [-0.4, -0.2) is 48.1 Å². The van der Waals surface area contributed by atoms with Crippen molar-refractivity contribution in [3.05, 3.63) is 0 Å². The maximum atomic E-state index is 2.75. The van der Waals surface area contributed by atoms with E-state index in [2.05, 4.69) is 58.3 Å². The van der Waals surface area contributed by atoms with Gasteiger partial charge in [0, 0.05) is 25.2 Å². The summed E-state index contributed by atoms with van der Waals surface area (Å²) >= 11 is 0. The van der Waals surface area contributed by atoms with Crippen molar-refractivity contribution in [2.75, 3.05) is 32.7 Å². The van der Waals surface area contributed by atoms with Crippen molar-refractivity contribution in [2.45, 2.75) is 66.8 Å². The van der Waals surface area contributed by atoms with Crippen LogP contribution in [0.1, 0.15) is 61.3 Å². The molecule has 2 saturated heterocycles. The van der Waals surface area contributed by atoms with Gasteiger partial charge in [0.05, 0.1) is 0 Å². The fourth-order valence-electron chi connectivity index (χ4n) is 3.78. The van der Waals surface area contributed by atoms with Gasteiger partial charge in [0.15, 0.2) is 0 Å². The van der Waals surface area contributed by atoms with E-state index in [4.69, 9.17) is 0 Å². The minimum absolute atomic E-state index is 0.340. The van der Waals surface area contributed by atoms with Crippen molar-refractivity contribution in [3.8, 4) is 0 Å². The van der Waals surface area contributed by atoms with Gasteiger partial charge < -0.3 is 4.90 Å². The summed E-state index contributed by atoms with van der Waals surface area (Å²) in [5.41, 5.74) is 0.913. The number of hydrogen-bond donors (Lipinski definition) is 0. The molecule has 2 aliphatic heterocycles. The van der Waals surface area contributed by atoms with Crippen molar-refractivity contribution >= 4 is 0 Å². The predicted octanol–water partition coefficient (Wildman–Crippen LogP) is 4.11. The van der Waals surface area contributed by atoms with Gasteiger partial charge in [-0.1, -0.05) is 34.6 Å². The van der Waals surface area contributed by atoms with Crippen LogP contribution in [-0.2, 0) is 0 Å². The number of hydrogen-bond acceptors (Lipinski definition) is 2. The molecule has 124 valence electrons. The molecule has 2 heteroatoms. The number of rotatable bonds is 4. The SMILES string of the molecule is CC1CN(C(C)(C)C(C)C)CC1CN1CCC(C)(C)CC1. The van der Waals surface area contributed by atoms with Gasteiger partial charge in [0.25, 0.3) is 0 Å². The van der Waals surface area contributed by atoms with Gasteiger partial charge in [-0.3, -0.25) is 4.90 Å². The van der Waals surface area contributed by atoms with Crippen LogP contribution in [0.4, 0.5) is 0 Å². The summed E-state index contributed by atoms with van der Waals surface area (Å²) in [6.45, 7) is 23.4. The minimum atomic E-state index is 0.340. The first-order valence-electron chi connectivity index (χ1n) is 9.09. The van der Waals surface area contributed by atoms with Gasteiger partial charge in [0.1, 0.15) is 0 Å². The molecule has 2 atom stereocenters. The first-order chi connectivity index (χ1) is 9.62. The minimum Gasteiger partial charge on any atom is -0.303 e. The Labute approximate surface area is 133 Å². The maximum Gasteiger partial charge on any atom is 0.0176 e. The van der Waals surface area contributed by atoms with E-state index in [9.17, 15) is 0 Å². The molecule has 2 unspecified atom stereocenters. The molecule has 0 bridgehead atoms. The molecule has 2 aliphatic rings. The first kappa shape index (κ1) is 17.3. The van der Waals surface area contributed by atoms with Crippen molar-refractivity contribution in [1.82, 2.24) is 9.80 Å². The van der Waals surface area contributed by atoms with Crippen LogP contribution >= 0.6 is 0 Å². The largest absolute Gasteiger partial charge is 0.303 e. The maximum absolute atomic E-state index is 2.75. The summed E-state index contributed by atoms with van der Waals surface area (Å²) in [7, 11) is 0. The van der Waals surface area contributed by atoms with E-state index in [0.717, 1.165) is 17.8 Å². The Kier molecular flexibility index (Phi) is 5.10. The van der Waals surface area contributed by atoms with Crippen LogP contribution < -0.4 is 0 Å². The lowest BCUT2D eigenvalue weighted by molar-refractivity contribution is 0.0878. The third-order valence-corrected chi connectivity index (χ3v) is 6.70. The van der Waals surface area contributed by atoms with Crippen LogP contribution in [0.2, 0.25) is 0 Å². The van der Waals surface area contributed by atoms with E-state index in [-0.39, 0.29) is 0 Å². The second-order valence-electron chi connectivity index (χ2n) is 9.42. The molecule has 0 saturated carbocycles. The highest BCUT2D eigenvalue weighted by atomic mass is 15.2. The topological polar surface area (TPSA) is 6.48 Å². The normalized spacial score (nSPS) is 32.0. The number of piperidine rings is 1. The molecule has 0 amide bonds. The van der Waals surface area contributed by atoms with E-state index < -0.39 is 0 Å². The second-order valence-corrected chi connectivity index (χ2v) is 9.42. The smallest absolute Gasteiger partial charge is 0.0176 e. The zero-order valence-electron chi connectivity index (χ0n) is 15.6. The summed E-state index contributed by atoms with van der Waals surface area (Å²) in [5.74, 6) is 2.43. The van der Waals surface area contributed by atoms with Crippen molar-refractivity contribution in [2.24, 2.45) is 23.2 Å². The molecule has 0 radical (unpaired) electrons. The molecule has 0 N–H and O–H groups in total. The fraction of sp³-hybridized carbons (Fsp3) is 1.00. The third kappa shape index (κ3) is 4.01. The standard InChI is InChI=1S/C19H38N2/c1-15(2)19(6,7)21-12-16(3)17(14-21)13-20-10-8-18(4,5)9-11-20/h15-17H,8-14H2,1-7H3. The van der Waals surface area contributed by atoms with E-state index in [1.165, 1.54) is 45.6 Å². The van der Waals surface area contributed by atoms with Crippen LogP contribution in [0.3, 0.4) is 0 Å². The molecule has 0 aliphatic carbocycles. The Morgan fingerprint density at radius 2 is 1.67 bits per heavy atom. The first-order valence-corrected chi connectivity index (χ1v) is 9.09. The average Bonchev–Trinajstić information content (AvgIpc) is 2.74. The van der Waals surface area contributed by atoms with Gasteiger partial charge in [-0.2, -0.15) is 0 Å². The molecule has 0 aromatic carbocycles. The zero-order valence-corrected chi connectivity index (χ0v) is 15.6. The molecule has 2 fully saturated rings. The molecule has 0 spiro atoms. The quantitative estimate of drug-likeness (QED) is 0.770.